The second kappa shape index (κ2) is 8.85. The van der Waals surface area contributed by atoms with Gasteiger partial charge in [-0.25, -0.2) is 9.89 Å². The van der Waals surface area contributed by atoms with Crippen LogP contribution < -0.4 is 5.32 Å². The zero-order valence-corrected chi connectivity index (χ0v) is 19.1. The van der Waals surface area contributed by atoms with Gasteiger partial charge in [0.1, 0.15) is 11.9 Å². The van der Waals surface area contributed by atoms with Crippen LogP contribution in [-0.4, -0.2) is 39.5 Å². The number of hydrogen-bond donors (Lipinski definition) is 1. The normalized spacial score (nSPS) is 17.3. The predicted octanol–water partition coefficient (Wildman–Crippen LogP) is 5.02. The molecule has 0 radical (unpaired) electrons. The number of nitrogens with zero attached hydrogens (tertiary/aromatic N) is 3. The van der Waals surface area contributed by atoms with Crippen molar-refractivity contribution in [3.63, 3.8) is 0 Å². The van der Waals surface area contributed by atoms with E-state index in [1.165, 1.54) is 11.8 Å². The average molecular weight is 455 g/mol. The lowest BCUT2D eigenvalue weighted by atomic mass is 10.0. The van der Waals surface area contributed by atoms with Crippen molar-refractivity contribution in [1.29, 1.82) is 0 Å². The molecule has 0 saturated heterocycles. The van der Waals surface area contributed by atoms with Gasteiger partial charge in [0.25, 0.3) is 5.91 Å². The summed E-state index contributed by atoms with van der Waals surface area (Å²) in [5.74, 6) is 0.739. The second-order valence-electron chi connectivity index (χ2n) is 8.00. The largest absolute Gasteiger partial charge is 0.324 e. The first-order valence-corrected chi connectivity index (χ1v) is 11.5. The molecule has 0 aliphatic carbocycles. The Hall–Kier alpha value is -2.64. The fourth-order valence-electron chi connectivity index (χ4n) is 3.54. The number of benzene rings is 2. The standard InChI is InChI=1S/C23H23ClN4O2S/c1-13(2)10-19-22(30)28-21(26-19)15-6-4-5-7-17(15)27-23(28)31-12-20(29)25-18-9-8-14(3)11-16(18)24/h4-9,11,13,19H,10,12H2,1-3H3,(H,25,29)/t19-/m0/s1. The summed E-state index contributed by atoms with van der Waals surface area (Å²) in [6, 6.07) is 12.7. The van der Waals surface area contributed by atoms with Crippen LogP contribution in [0.5, 0.6) is 0 Å². The summed E-state index contributed by atoms with van der Waals surface area (Å²) in [7, 11) is 0. The van der Waals surface area contributed by atoms with Crippen molar-refractivity contribution in [2.75, 3.05) is 11.1 Å². The summed E-state index contributed by atoms with van der Waals surface area (Å²) >= 11 is 7.43. The van der Waals surface area contributed by atoms with E-state index in [9.17, 15) is 9.59 Å². The van der Waals surface area contributed by atoms with Crippen molar-refractivity contribution in [3.05, 3.63) is 58.6 Å². The number of fused-ring (bicyclic) bond motifs is 3. The maximum Gasteiger partial charge on any atom is 0.259 e. The Labute approximate surface area is 190 Å². The number of thioether (sulfide) groups is 1. The van der Waals surface area contributed by atoms with Crippen LogP contribution in [0.25, 0.3) is 0 Å². The van der Waals surface area contributed by atoms with Crippen molar-refractivity contribution in [2.45, 2.75) is 33.2 Å². The smallest absolute Gasteiger partial charge is 0.259 e. The Balaban J connectivity index is 1.54. The first-order valence-electron chi connectivity index (χ1n) is 10.1. The van der Waals surface area contributed by atoms with Gasteiger partial charge in [-0.1, -0.05) is 55.4 Å². The number of halogens is 1. The monoisotopic (exact) mass is 454 g/mol. The van der Waals surface area contributed by atoms with E-state index >= 15 is 0 Å². The molecule has 6 nitrogen and oxygen atoms in total. The summed E-state index contributed by atoms with van der Waals surface area (Å²) in [5.41, 5.74) is 3.16. The minimum absolute atomic E-state index is 0.0913. The quantitative estimate of drug-likeness (QED) is 0.688. The molecule has 2 heterocycles. The number of aliphatic imine (C=N–C) groups is 2. The number of para-hydroxylation sites is 1. The van der Waals surface area contributed by atoms with E-state index in [1.54, 1.807) is 17.0 Å². The SMILES string of the molecule is Cc1ccc(NC(=O)CSC2=Nc3ccccc3C3=N[C@@H](CC(C)C)C(=O)N23)c(Cl)c1. The van der Waals surface area contributed by atoms with Gasteiger partial charge in [0.15, 0.2) is 5.17 Å². The van der Waals surface area contributed by atoms with Crippen molar-refractivity contribution >= 4 is 57.6 Å². The van der Waals surface area contributed by atoms with E-state index in [0.29, 0.717) is 34.1 Å². The minimum Gasteiger partial charge on any atom is -0.324 e. The lowest BCUT2D eigenvalue weighted by molar-refractivity contribution is -0.125. The number of anilines is 1. The molecule has 0 aromatic heterocycles. The number of carbonyl (C=O) groups excluding carboxylic acids is 2. The molecule has 160 valence electrons. The summed E-state index contributed by atoms with van der Waals surface area (Å²) < 4.78 is 0. The zero-order valence-electron chi connectivity index (χ0n) is 17.6. The van der Waals surface area contributed by atoms with Crippen LogP contribution in [0.1, 0.15) is 31.4 Å². The summed E-state index contributed by atoms with van der Waals surface area (Å²) in [6.07, 6.45) is 0.672. The summed E-state index contributed by atoms with van der Waals surface area (Å²) in [5, 5.41) is 3.78. The summed E-state index contributed by atoms with van der Waals surface area (Å²) in [6.45, 7) is 6.08. The molecule has 0 bridgehead atoms. The van der Waals surface area contributed by atoms with Gasteiger partial charge in [-0.15, -0.1) is 0 Å². The fraction of sp³-hybridized carbons (Fsp3) is 0.304. The van der Waals surface area contributed by atoms with Gasteiger partial charge in [0, 0.05) is 5.56 Å². The highest BCUT2D eigenvalue weighted by Crippen LogP contribution is 2.34. The van der Waals surface area contributed by atoms with Gasteiger partial charge >= 0.3 is 0 Å². The number of hydrogen-bond acceptors (Lipinski definition) is 5. The highest BCUT2D eigenvalue weighted by molar-refractivity contribution is 8.14. The first-order chi connectivity index (χ1) is 14.8. The van der Waals surface area contributed by atoms with E-state index in [0.717, 1.165) is 16.8 Å². The summed E-state index contributed by atoms with van der Waals surface area (Å²) in [4.78, 5) is 36.6. The number of carbonyl (C=O) groups is 2. The Morgan fingerprint density at radius 1 is 1.26 bits per heavy atom. The van der Waals surface area contributed by atoms with E-state index in [2.05, 4.69) is 24.2 Å². The van der Waals surface area contributed by atoms with Crippen molar-refractivity contribution < 1.29 is 9.59 Å². The van der Waals surface area contributed by atoms with Crippen LogP contribution in [0.3, 0.4) is 0 Å². The molecule has 2 aromatic carbocycles. The second-order valence-corrected chi connectivity index (χ2v) is 9.35. The Bertz CT molecular complexity index is 1110. The lowest BCUT2D eigenvalue weighted by Crippen LogP contribution is -2.41. The molecule has 8 heteroatoms. The number of aryl methyl sites for hydroxylation is 1. The molecule has 1 N–H and O–H groups in total. The lowest BCUT2D eigenvalue weighted by Gasteiger charge is -2.25. The van der Waals surface area contributed by atoms with E-state index in [4.69, 9.17) is 16.6 Å². The molecule has 1 atom stereocenters. The van der Waals surface area contributed by atoms with Gasteiger partial charge in [-0.3, -0.25) is 14.6 Å². The molecule has 4 rings (SSSR count). The molecular weight excluding hydrogens is 432 g/mol. The Kier molecular flexibility index (Phi) is 6.16. The molecule has 0 fully saturated rings. The van der Waals surface area contributed by atoms with Gasteiger partial charge in [0.05, 0.1) is 22.2 Å². The Morgan fingerprint density at radius 3 is 2.77 bits per heavy atom. The van der Waals surface area contributed by atoms with E-state index in [-0.39, 0.29) is 17.6 Å². The molecule has 0 spiro atoms. The third-order valence-electron chi connectivity index (χ3n) is 4.97. The first kappa shape index (κ1) is 21.6. The van der Waals surface area contributed by atoms with Gasteiger partial charge in [-0.2, -0.15) is 0 Å². The highest BCUT2D eigenvalue weighted by Gasteiger charge is 2.41. The molecule has 31 heavy (non-hydrogen) atoms. The third-order valence-corrected chi connectivity index (χ3v) is 6.22. The molecule has 2 aliphatic rings. The van der Waals surface area contributed by atoms with Crippen LogP contribution in [0.2, 0.25) is 5.02 Å². The average Bonchev–Trinajstić information content (AvgIpc) is 3.04. The van der Waals surface area contributed by atoms with Gasteiger partial charge in [0.2, 0.25) is 5.91 Å². The number of amides is 2. The van der Waals surface area contributed by atoms with E-state index < -0.39 is 6.04 Å². The number of rotatable bonds is 5. The van der Waals surface area contributed by atoms with Crippen LogP contribution in [0.15, 0.2) is 52.4 Å². The highest BCUT2D eigenvalue weighted by atomic mass is 35.5. The Morgan fingerprint density at radius 2 is 2.03 bits per heavy atom. The van der Waals surface area contributed by atoms with Crippen molar-refractivity contribution in [1.82, 2.24) is 4.90 Å². The fourth-order valence-corrected chi connectivity index (χ4v) is 4.62. The molecule has 0 saturated carbocycles. The maximum atomic E-state index is 13.1. The van der Waals surface area contributed by atoms with Gasteiger partial charge in [-0.05, 0) is 49.1 Å². The molecule has 2 aliphatic heterocycles. The van der Waals surface area contributed by atoms with Crippen LogP contribution in [-0.2, 0) is 9.59 Å². The van der Waals surface area contributed by atoms with Crippen LogP contribution in [0, 0.1) is 12.8 Å². The van der Waals surface area contributed by atoms with Crippen molar-refractivity contribution in [2.24, 2.45) is 15.9 Å². The molecule has 2 amide bonds. The topological polar surface area (TPSA) is 74.1 Å². The van der Waals surface area contributed by atoms with Gasteiger partial charge < -0.3 is 5.32 Å². The minimum atomic E-state index is -0.424. The van der Waals surface area contributed by atoms with E-state index in [1.807, 2.05) is 37.3 Å². The predicted molar refractivity (Wildman–Crippen MR) is 127 cm³/mol. The van der Waals surface area contributed by atoms with Crippen molar-refractivity contribution in [3.8, 4) is 0 Å². The number of amidine groups is 2. The number of nitrogens with one attached hydrogen (secondary N) is 1. The molecule has 0 unspecified atom stereocenters. The zero-order chi connectivity index (χ0) is 22.1. The van der Waals surface area contributed by atoms with Crippen LogP contribution in [0.4, 0.5) is 11.4 Å². The molecule has 2 aromatic rings. The third kappa shape index (κ3) is 4.52. The maximum absolute atomic E-state index is 13.1. The van der Waals surface area contributed by atoms with Crippen LogP contribution >= 0.6 is 23.4 Å². The molecular formula is C23H23ClN4O2S.